The second kappa shape index (κ2) is 6.84. The van der Waals surface area contributed by atoms with Crippen LogP contribution in [-0.4, -0.2) is 36.2 Å². The first-order chi connectivity index (χ1) is 11.6. The normalized spacial score (nSPS) is 15.1. The predicted octanol–water partition coefficient (Wildman–Crippen LogP) is 2.47. The van der Waals surface area contributed by atoms with E-state index >= 15 is 0 Å². The van der Waals surface area contributed by atoms with Crippen LogP contribution in [0, 0.1) is 0 Å². The average Bonchev–Trinajstić information content (AvgIpc) is 2.91. The van der Waals surface area contributed by atoms with Gasteiger partial charge in [-0.3, -0.25) is 0 Å². The van der Waals surface area contributed by atoms with Crippen LogP contribution < -0.4 is 5.32 Å². The number of amides is 1. The molecule has 0 heterocycles. The fraction of sp³-hybridized carbons (Fsp3) is 0.263. The molecule has 2 aromatic rings. The topological polar surface area (TPSA) is 75.6 Å². The van der Waals surface area contributed by atoms with E-state index < -0.39 is 18.2 Å². The van der Waals surface area contributed by atoms with E-state index in [1.165, 1.54) is 6.92 Å². The molecule has 124 valence electrons. The van der Waals surface area contributed by atoms with Gasteiger partial charge in [-0.25, -0.2) is 4.79 Å². The van der Waals surface area contributed by atoms with Crippen molar-refractivity contribution in [2.75, 3.05) is 6.61 Å². The first kappa shape index (κ1) is 16.2. The summed E-state index contributed by atoms with van der Waals surface area (Å²) in [5.41, 5.74) is 4.54. The highest BCUT2D eigenvalue weighted by Gasteiger charge is 2.29. The van der Waals surface area contributed by atoms with E-state index in [2.05, 4.69) is 17.4 Å². The Labute approximate surface area is 140 Å². The van der Waals surface area contributed by atoms with Gasteiger partial charge in [0.25, 0.3) is 0 Å². The van der Waals surface area contributed by atoms with Crippen LogP contribution >= 0.6 is 0 Å². The van der Waals surface area contributed by atoms with Crippen LogP contribution in [0.2, 0.25) is 0 Å². The second-order valence-electron chi connectivity index (χ2n) is 5.87. The molecule has 2 aromatic carbocycles. The van der Waals surface area contributed by atoms with Crippen molar-refractivity contribution in [3.63, 3.8) is 0 Å². The third-order valence-corrected chi connectivity index (χ3v) is 4.29. The van der Waals surface area contributed by atoms with E-state index in [4.69, 9.17) is 4.74 Å². The Bertz CT molecular complexity index is 711. The van der Waals surface area contributed by atoms with Crippen LogP contribution in [0.1, 0.15) is 24.0 Å². The highest BCUT2D eigenvalue weighted by atomic mass is 16.5. The number of aliphatic hydroxyl groups excluding tert-OH is 1. The molecule has 0 bridgehead atoms. The minimum atomic E-state index is -0.972. The summed E-state index contributed by atoms with van der Waals surface area (Å²) in [4.78, 5) is 22.7. The minimum absolute atomic E-state index is 0.0376. The number of carbonyl (C=O) groups is 2. The average molecular weight is 325 g/mol. The lowest BCUT2D eigenvalue weighted by atomic mass is 9.98. The number of hydrogen-bond donors (Lipinski definition) is 2. The maximum Gasteiger partial charge on any atom is 0.407 e. The molecule has 0 unspecified atom stereocenters. The van der Waals surface area contributed by atoms with E-state index in [1.807, 2.05) is 36.4 Å². The zero-order chi connectivity index (χ0) is 17.1. The van der Waals surface area contributed by atoms with Gasteiger partial charge < -0.3 is 20.0 Å². The number of aliphatic hydroxyl groups is 1. The van der Waals surface area contributed by atoms with Crippen molar-refractivity contribution in [2.45, 2.75) is 25.0 Å². The Kier molecular flexibility index (Phi) is 4.62. The predicted molar refractivity (Wildman–Crippen MR) is 89.7 cm³/mol. The van der Waals surface area contributed by atoms with Crippen molar-refractivity contribution < 1.29 is 19.4 Å². The van der Waals surface area contributed by atoms with Crippen LogP contribution in [0.4, 0.5) is 4.79 Å². The molecular weight excluding hydrogens is 306 g/mol. The Morgan fingerprint density at radius 1 is 1.17 bits per heavy atom. The first-order valence-corrected chi connectivity index (χ1v) is 7.86. The number of ether oxygens (including phenoxy) is 1. The Morgan fingerprint density at radius 2 is 1.71 bits per heavy atom. The van der Waals surface area contributed by atoms with E-state index in [1.54, 1.807) is 0 Å². The summed E-state index contributed by atoms with van der Waals surface area (Å²) >= 11 is 0. The summed E-state index contributed by atoms with van der Waals surface area (Å²) in [7, 11) is 0. The molecule has 0 fully saturated rings. The van der Waals surface area contributed by atoms with Gasteiger partial charge in [-0.1, -0.05) is 48.5 Å². The second-order valence-corrected chi connectivity index (χ2v) is 5.87. The summed E-state index contributed by atoms with van der Waals surface area (Å²) in [6.45, 7) is 1.61. The van der Waals surface area contributed by atoms with Gasteiger partial charge in [-0.2, -0.15) is 0 Å². The summed E-state index contributed by atoms with van der Waals surface area (Å²) in [5.74, 6) is -0.0376. The lowest BCUT2D eigenvalue weighted by Crippen LogP contribution is -2.43. The minimum Gasteiger partial charge on any atom is -0.449 e. The van der Waals surface area contributed by atoms with Crippen LogP contribution in [0.5, 0.6) is 0 Å². The first-order valence-electron chi connectivity index (χ1n) is 7.86. The molecule has 1 aliphatic rings. The SMILES string of the molecule is C[C@@H](O)[C@@H](C=O)NC(=O)OCC1c2ccccc2-c2ccccc21. The number of nitrogens with one attached hydrogen (secondary N) is 1. The van der Waals surface area contributed by atoms with Gasteiger partial charge in [-0.15, -0.1) is 0 Å². The van der Waals surface area contributed by atoms with E-state index in [0.29, 0.717) is 6.29 Å². The van der Waals surface area contributed by atoms with Crippen molar-refractivity contribution in [3.8, 4) is 11.1 Å². The van der Waals surface area contributed by atoms with Gasteiger partial charge in [0.2, 0.25) is 0 Å². The number of rotatable bonds is 5. The third kappa shape index (κ3) is 3.03. The van der Waals surface area contributed by atoms with Gasteiger partial charge in [0.1, 0.15) is 18.9 Å². The number of benzene rings is 2. The number of alkyl carbamates (subject to hydrolysis) is 1. The molecule has 0 aliphatic heterocycles. The number of aldehydes is 1. The smallest absolute Gasteiger partial charge is 0.407 e. The zero-order valence-corrected chi connectivity index (χ0v) is 13.3. The molecule has 0 saturated carbocycles. The number of hydrogen-bond acceptors (Lipinski definition) is 4. The largest absolute Gasteiger partial charge is 0.449 e. The van der Waals surface area contributed by atoms with Crippen LogP contribution in [0.25, 0.3) is 11.1 Å². The van der Waals surface area contributed by atoms with Crippen molar-refractivity contribution in [3.05, 3.63) is 59.7 Å². The van der Waals surface area contributed by atoms with Crippen molar-refractivity contribution in [1.82, 2.24) is 5.32 Å². The third-order valence-electron chi connectivity index (χ3n) is 4.29. The Hall–Kier alpha value is -2.66. The summed E-state index contributed by atoms with van der Waals surface area (Å²) < 4.78 is 5.30. The van der Waals surface area contributed by atoms with Gasteiger partial charge in [0.15, 0.2) is 0 Å². The number of fused-ring (bicyclic) bond motifs is 3. The van der Waals surface area contributed by atoms with Crippen molar-refractivity contribution >= 4 is 12.4 Å². The van der Waals surface area contributed by atoms with E-state index in [0.717, 1.165) is 22.3 Å². The molecule has 0 radical (unpaired) electrons. The molecule has 2 N–H and O–H groups in total. The molecule has 3 rings (SSSR count). The molecule has 0 aromatic heterocycles. The molecule has 5 heteroatoms. The summed E-state index contributed by atoms with van der Waals surface area (Å²) in [5, 5.41) is 11.8. The molecule has 24 heavy (non-hydrogen) atoms. The monoisotopic (exact) mass is 325 g/mol. The van der Waals surface area contributed by atoms with Gasteiger partial charge >= 0.3 is 6.09 Å². The van der Waals surface area contributed by atoms with Gasteiger partial charge in [0.05, 0.1) is 6.10 Å². The maximum atomic E-state index is 11.9. The highest BCUT2D eigenvalue weighted by molar-refractivity contribution is 5.79. The zero-order valence-electron chi connectivity index (χ0n) is 13.3. The van der Waals surface area contributed by atoms with E-state index in [-0.39, 0.29) is 12.5 Å². The molecule has 1 aliphatic carbocycles. The lowest BCUT2D eigenvalue weighted by Gasteiger charge is -2.17. The lowest BCUT2D eigenvalue weighted by molar-refractivity contribution is -0.111. The molecule has 0 spiro atoms. The maximum absolute atomic E-state index is 11.9. The highest BCUT2D eigenvalue weighted by Crippen LogP contribution is 2.44. The van der Waals surface area contributed by atoms with Gasteiger partial charge in [-0.05, 0) is 29.2 Å². The quantitative estimate of drug-likeness (QED) is 0.828. The van der Waals surface area contributed by atoms with Crippen LogP contribution in [-0.2, 0) is 9.53 Å². The Balaban J connectivity index is 1.74. The Morgan fingerprint density at radius 3 is 2.21 bits per heavy atom. The fourth-order valence-electron chi connectivity index (χ4n) is 3.04. The molecular formula is C19H19NO4. The molecule has 0 saturated heterocycles. The number of carbonyl (C=O) groups excluding carboxylic acids is 2. The fourth-order valence-corrected chi connectivity index (χ4v) is 3.04. The molecule has 2 atom stereocenters. The molecule has 1 amide bonds. The van der Waals surface area contributed by atoms with Crippen LogP contribution in [0.15, 0.2) is 48.5 Å². The summed E-state index contributed by atoms with van der Waals surface area (Å²) in [6.07, 6.45) is -1.19. The van der Waals surface area contributed by atoms with Gasteiger partial charge in [0, 0.05) is 5.92 Å². The van der Waals surface area contributed by atoms with Crippen molar-refractivity contribution in [1.29, 1.82) is 0 Å². The standard InChI is InChI=1S/C19H19NO4/c1-12(22)18(10-21)20-19(23)24-11-17-15-8-4-2-6-13(15)14-7-3-5-9-16(14)17/h2-10,12,17-18,22H,11H2,1H3,(H,20,23)/t12-,18-/m1/s1. The van der Waals surface area contributed by atoms with Crippen molar-refractivity contribution in [2.24, 2.45) is 0 Å². The van der Waals surface area contributed by atoms with Crippen LogP contribution in [0.3, 0.4) is 0 Å². The summed E-state index contributed by atoms with van der Waals surface area (Å²) in [6, 6.07) is 15.1. The molecule has 5 nitrogen and oxygen atoms in total. The van der Waals surface area contributed by atoms with E-state index in [9.17, 15) is 14.7 Å².